The van der Waals surface area contributed by atoms with Gasteiger partial charge in [0.15, 0.2) is 0 Å². The maximum Gasteiger partial charge on any atom is 0.338 e. The summed E-state index contributed by atoms with van der Waals surface area (Å²) in [7, 11) is 0. The van der Waals surface area contributed by atoms with Crippen LogP contribution < -0.4 is 10.9 Å². The van der Waals surface area contributed by atoms with Gasteiger partial charge in [-0.25, -0.2) is 10.2 Å². The molecule has 0 atom stereocenters. The Morgan fingerprint density at radius 1 is 0.889 bits per heavy atom. The number of carbonyl (C=O) groups is 1. The zero-order chi connectivity index (χ0) is 19.1. The molecule has 0 radical (unpaired) electrons. The van der Waals surface area contributed by atoms with Crippen molar-refractivity contribution in [2.24, 2.45) is 0 Å². The molecule has 0 saturated carbocycles. The minimum atomic E-state index is -0.293. The highest BCUT2D eigenvalue weighted by atomic mass is 16.5. The Morgan fingerprint density at radius 3 is 2.26 bits per heavy atom. The number of hydrogen-bond acceptors (Lipinski definition) is 4. The highest BCUT2D eigenvalue weighted by Crippen LogP contribution is 2.24. The van der Waals surface area contributed by atoms with Crippen LogP contribution in [0, 0.1) is 0 Å². The quantitative estimate of drug-likeness (QED) is 0.458. The summed E-state index contributed by atoms with van der Waals surface area (Å²) in [4.78, 5) is 12.0. The van der Waals surface area contributed by atoms with Crippen LogP contribution in [-0.2, 0) is 11.3 Å². The third kappa shape index (κ3) is 5.19. The fraction of sp³-hybridized carbons (Fsp3) is 0.174. The number of nitrogens with one attached hydrogen (secondary N) is 2. The third-order valence-electron chi connectivity index (χ3n) is 4.08. The van der Waals surface area contributed by atoms with Crippen molar-refractivity contribution < 1.29 is 9.53 Å². The van der Waals surface area contributed by atoms with Crippen molar-refractivity contribution in [1.82, 2.24) is 5.43 Å². The Hall–Kier alpha value is -3.11. The van der Waals surface area contributed by atoms with Gasteiger partial charge < -0.3 is 10.2 Å². The zero-order valence-corrected chi connectivity index (χ0v) is 15.6. The largest absolute Gasteiger partial charge is 0.459 e. The van der Waals surface area contributed by atoms with Crippen LogP contribution in [0.3, 0.4) is 0 Å². The van der Waals surface area contributed by atoms with E-state index in [2.05, 4.69) is 23.0 Å². The number of benzene rings is 3. The number of para-hydroxylation sites is 1. The molecule has 0 aliphatic rings. The topological polar surface area (TPSA) is 50.4 Å². The standard InChI is InChI=1S/C23H24N2O2/c1-17(2)27-23(26)19-14-12-18(13-15-19)22-11-7-6-8-20(22)16-24-25-21-9-4-3-5-10-21/h3-15,17,24-25H,16H2,1-2H3. The molecule has 0 spiro atoms. The summed E-state index contributed by atoms with van der Waals surface area (Å²) in [5.41, 5.74) is 11.4. The predicted molar refractivity (Wildman–Crippen MR) is 109 cm³/mol. The number of ether oxygens (including phenoxy) is 1. The van der Waals surface area contributed by atoms with Gasteiger partial charge in [-0.3, -0.25) is 0 Å². The van der Waals surface area contributed by atoms with E-state index in [4.69, 9.17) is 4.74 Å². The lowest BCUT2D eigenvalue weighted by Gasteiger charge is -2.13. The van der Waals surface area contributed by atoms with Crippen LogP contribution in [0.1, 0.15) is 29.8 Å². The summed E-state index contributed by atoms with van der Waals surface area (Å²) in [6, 6.07) is 25.7. The van der Waals surface area contributed by atoms with Crippen molar-refractivity contribution in [2.75, 3.05) is 5.43 Å². The molecule has 0 aromatic heterocycles. The average Bonchev–Trinajstić information content (AvgIpc) is 2.69. The van der Waals surface area contributed by atoms with E-state index < -0.39 is 0 Å². The molecule has 138 valence electrons. The van der Waals surface area contributed by atoms with Crippen molar-refractivity contribution in [3.63, 3.8) is 0 Å². The third-order valence-corrected chi connectivity index (χ3v) is 4.08. The smallest absolute Gasteiger partial charge is 0.338 e. The van der Waals surface area contributed by atoms with Gasteiger partial charge in [0.05, 0.1) is 11.7 Å². The molecule has 27 heavy (non-hydrogen) atoms. The first-order chi connectivity index (χ1) is 13.1. The highest BCUT2D eigenvalue weighted by Gasteiger charge is 2.10. The monoisotopic (exact) mass is 360 g/mol. The van der Waals surface area contributed by atoms with Gasteiger partial charge in [0, 0.05) is 12.2 Å². The van der Waals surface area contributed by atoms with E-state index in [1.54, 1.807) is 0 Å². The molecule has 0 bridgehead atoms. The Labute approximate surface area is 160 Å². The normalized spacial score (nSPS) is 10.6. The summed E-state index contributed by atoms with van der Waals surface area (Å²) in [5, 5.41) is 0. The minimum absolute atomic E-state index is 0.124. The van der Waals surface area contributed by atoms with Gasteiger partial charge in [-0.2, -0.15) is 0 Å². The van der Waals surface area contributed by atoms with E-state index in [-0.39, 0.29) is 12.1 Å². The van der Waals surface area contributed by atoms with Gasteiger partial charge in [0.25, 0.3) is 0 Å². The number of hydrazine groups is 1. The summed E-state index contributed by atoms with van der Waals surface area (Å²) in [5.74, 6) is -0.293. The minimum Gasteiger partial charge on any atom is -0.459 e. The van der Waals surface area contributed by atoms with Crippen molar-refractivity contribution in [1.29, 1.82) is 0 Å². The number of carbonyl (C=O) groups excluding carboxylic acids is 1. The van der Waals surface area contributed by atoms with E-state index in [1.807, 2.05) is 80.6 Å². The van der Waals surface area contributed by atoms with Crippen molar-refractivity contribution in [3.05, 3.63) is 90.0 Å². The molecule has 4 nitrogen and oxygen atoms in total. The van der Waals surface area contributed by atoms with Crippen molar-refractivity contribution in [3.8, 4) is 11.1 Å². The summed E-state index contributed by atoms with van der Waals surface area (Å²) in [6.07, 6.45) is -0.124. The van der Waals surface area contributed by atoms with E-state index in [0.717, 1.165) is 16.8 Å². The summed E-state index contributed by atoms with van der Waals surface area (Å²) >= 11 is 0. The molecule has 3 aromatic rings. The van der Waals surface area contributed by atoms with Crippen LogP contribution in [0.2, 0.25) is 0 Å². The first-order valence-corrected chi connectivity index (χ1v) is 9.07. The SMILES string of the molecule is CC(C)OC(=O)c1ccc(-c2ccccc2CNNc2ccccc2)cc1. The van der Waals surface area contributed by atoms with Crippen LogP contribution in [0.5, 0.6) is 0 Å². The lowest BCUT2D eigenvalue weighted by atomic mass is 9.99. The second-order valence-corrected chi connectivity index (χ2v) is 6.53. The van der Waals surface area contributed by atoms with E-state index in [9.17, 15) is 4.79 Å². The van der Waals surface area contributed by atoms with Gasteiger partial charge in [-0.15, -0.1) is 0 Å². The van der Waals surface area contributed by atoms with Gasteiger partial charge in [0.2, 0.25) is 0 Å². The molecule has 0 aliphatic carbocycles. The Morgan fingerprint density at radius 2 is 1.56 bits per heavy atom. The molecular formula is C23H24N2O2. The molecule has 0 fully saturated rings. The number of rotatable bonds is 7. The molecule has 4 heteroatoms. The van der Waals surface area contributed by atoms with Crippen LogP contribution in [0.15, 0.2) is 78.9 Å². The molecule has 0 aliphatic heterocycles. The Kier molecular flexibility index (Phi) is 6.23. The molecular weight excluding hydrogens is 336 g/mol. The van der Waals surface area contributed by atoms with Crippen molar-refractivity contribution >= 4 is 11.7 Å². The van der Waals surface area contributed by atoms with Gasteiger partial charge in [0.1, 0.15) is 0 Å². The predicted octanol–water partition coefficient (Wildman–Crippen LogP) is 5.04. The van der Waals surface area contributed by atoms with Crippen LogP contribution in [-0.4, -0.2) is 12.1 Å². The number of hydrogen-bond donors (Lipinski definition) is 2. The maximum atomic E-state index is 12.0. The van der Waals surface area contributed by atoms with E-state index >= 15 is 0 Å². The molecule has 0 amide bonds. The average molecular weight is 360 g/mol. The van der Waals surface area contributed by atoms with Gasteiger partial charge in [-0.05, 0) is 54.8 Å². The highest BCUT2D eigenvalue weighted by molar-refractivity contribution is 5.90. The van der Waals surface area contributed by atoms with E-state index in [1.165, 1.54) is 5.56 Å². The van der Waals surface area contributed by atoms with Crippen LogP contribution >= 0.6 is 0 Å². The van der Waals surface area contributed by atoms with Crippen molar-refractivity contribution in [2.45, 2.75) is 26.5 Å². The fourth-order valence-electron chi connectivity index (χ4n) is 2.79. The second kappa shape index (κ2) is 9.01. The second-order valence-electron chi connectivity index (χ2n) is 6.53. The first kappa shape index (κ1) is 18.7. The molecule has 3 aromatic carbocycles. The molecule has 0 unspecified atom stereocenters. The van der Waals surface area contributed by atoms with Gasteiger partial charge >= 0.3 is 5.97 Å². The van der Waals surface area contributed by atoms with Gasteiger partial charge in [-0.1, -0.05) is 54.6 Å². The Balaban J connectivity index is 1.70. The molecule has 0 saturated heterocycles. The number of esters is 1. The lowest BCUT2D eigenvalue weighted by Crippen LogP contribution is -2.21. The molecule has 2 N–H and O–H groups in total. The van der Waals surface area contributed by atoms with Crippen LogP contribution in [0.25, 0.3) is 11.1 Å². The van der Waals surface area contributed by atoms with E-state index in [0.29, 0.717) is 12.1 Å². The fourth-order valence-corrected chi connectivity index (χ4v) is 2.79. The first-order valence-electron chi connectivity index (χ1n) is 9.07. The zero-order valence-electron chi connectivity index (χ0n) is 15.6. The number of anilines is 1. The summed E-state index contributed by atoms with van der Waals surface area (Å²) < 4.78 is 5.24. The lowest BCUT2D eigenvalue weighted by molar-refractivity contribution is 0.0378. The Bertz CT molecular complexity index is 874. The summed E-state index contributed by atoms with van der Waals surface area (Å²) in [6.45, 7) is 4.36. The maximum absolute atomic E-state index is 12.0. The van der Waals surface area contributed by atoms with Crippen LogP contribution in [0.4, 0.5) is 5.69 Å². The molecule has 0 heterocycles. The molecule has 3 rings (SSSR count).